The lowest BCUT2D eigenvalue weighted by atomic mass is 9.80. The first-order chi connectivity index (χ1) is 11.9. The van der Waals surface area contributed by atoms with Crippen LogP contribution in [0.3, 0.4) is 0 Å². The van der Waals surface area contributed by atoms with Crippen LogP contribution in [0.5, 0.6) is 0 Å². The monoisotopic (exact) mass is 346 g/mol. The van der Waals surface area contributed by atoms with Gasteiger partial charge in [-0.3, -0.25) is 9.59 Å². The van der Waals surface area contributed by atoms with E-state index in [4.69, 9.17) is 9.47 Å². The summed E-state index contributed by atoms with van der Waals surface area (Å²) in [5.74, 6) is -2.37. The third-order valence-corrected chi connectivity index (χ3v) is 4.88. The minimum Gasteiger partial charge on any atom is -0.468 e. The van der Waals surface area contributed by atoms with Crippen LogP contribution in [0.25, 0.3) is 0 Å². The zero-order chi connectivity index (χ0) is 18.2. The molecule has 0 N–H and O–H groups in total. The maximum Gasteiger partial charge on any atom is 0.324 e. The van der Waals surface area contributed by atoms with Crippen LogP contribution in [0.4, 0.5) is 8.78 Å². The van der Waals surface area contributed by atoms with Crippen molar-refractivity contribution in [2.75, 3.05) is 14.2 Å². The van der Waals surface area contributed by atoms with E-state index in [1.165, 1.54) is 62.8 Å². The average molecular weight is 346 g/mol. The zero-order valence-electron chi connectivity index (χ0n) is 13.7. The van der Waals surface area contributed by atoms with Crippen molar-refractivity contribution in [3.63, 3.8) is 0 Å². The normalized spacial score (nSPS) is 16.8. The molecule has 0 spiro atoms. The molecular weight excluding hydrogens is 330 g/mol. The van der Waals surface area contributed by atoms with E-state index in [9.17, 15) is 18.4 Å². The lowest BCUT2D eigenvalue weighted by Gasteiger charge is -2.24. The van der Waals surface area contributed by atoms with E-state index in [0.29, 0.717) is 11.1 Å². The number of carbonyl (C=O) groups excluding carboxylic acids is 2. The minimum absolute atomic E-state index is 0.0939. The topological polar surface area (TPSA) is 52.6 Å². The van der Waals surface area contributed by atoms with Gasteiger partial charge in [0, 0.05) is 5.41 Å². The van der Waals surface area contributed by atoms with Crippen LogP contribution in [0.15, 0.2) is 48.5 Å². The highest BCUT2D eigenvalue weighted by molar-refractivity contribution is 6.07. The molecule has 1 saturated carbocycles. The van der Waals surface area contributed by atoms with Gasteiger partial charge in [0.2, 0.25) is 0 Å². The number of hydrogen-bond donors (Lipinski definition) is 0. The first kappa shape index (κ1) is 17.1. The van der Waals surface area contributed by atoms with Crippen molar-refractivity contribution < 1.29 is 27.8 Å². The summed E-state index contributed by atoms with van der Waals surface area (Å²) in [6, 6.07) is 11.0. The summed E-state index contributed by atoms with van der Waals surface area (Å²) in [7, 11) is 2.37. The lowest BCUT2D eigenvalue weighted by Crippen LogP contribution is -2.36. The number of halogens is 2. The van der Waals surface area contributed by atoms with E-state index >= 15 is 0 Å². The molecule has 0 heterocycles. The highest BCUT2D eigenvalue weighted by Gasteiger charge is 2.79. The van der Waals surface area contributed by atoms with Crippen LogP contribution in [-0.2, 0) is 24.5 Å². The number of ether oxygens (including phenoxy) is 2. The fraction of sp³-hybridized carbons (Fsp3) is 0.263. The molecule has 4 nitrogen and oxygen atoms in total. The molecule has 6 heteroatoms. The van der Waals surface area contributed by atoms with Crippen molar-refractivity contribution in [3.8, 4) is 0 Å². The van der Waals surface area contributed by atoms with Crippen molar-refractivity contribution >= 4 is 11.9 Å². The van der Waals surface area contributed by atoms with Crippen molar-refractivity contribution in [1.82, 2.24) is 0 Å². The second-order valence-electron chi connectivity index (χ2n) is 5.98. The summed E-state index contributed by atoms with van der Waals surface area (Å²) in [5, 5.41) is 0. The van der Waals surface area contributed by atoms with E-state index in [-0.39, 0.29) is 6.42 Å². The summed E-state index contributed by atoms with van der Waals surface area (Å²) in [5.41, 5.74) is -1.59. The number of benzene rings is 2. The fourth-order valence-corrected chi connectivity index (χ4v) is 3.61. The zero-order valence-corrected chi connectivity index (χ0v) is 13.7. The quantitative estimate of drug-likeness (QED) is 0.631. The van der Waals surface area contributed by atoms with Gasteiger partial charge < -0.3 is 9.47 Å². The maximum absolute atomic E-state index is 13.4. The Labute approximate surface area is 143 Å². The summed E-state index contributed by atoms with van der Waals surface area (Å²) in [6.45, 7) is 0. The van der Waals surface area contributed by atoms with Crippen molar-refractivity contribution in [3.05, 3.63) is 71.3 Å². The molecule has 0 radical (unpaired) electrons. The molecule has 0 aliphatic heterocycles. The summed E-state index contributed by atoms with van der Waals surface area (Å²) < 4.78 is 36.4. The molecule has 3 rings (SSSR count). The smallest absolute Gasteiger partial charge is 0.324 e. The fourth-order valence-electron chi connectivity index (χ4n) is 3.61. The highest BCUT2D eigenvalue weighted by Crippen LogP contribution is 2.69. The van der Waals surface area contributed by atoms with E-state index in [1.54, 1.807) is 0 Å². The second-order valence-corrected chi connectivity index (χ2v) is 5.98. The number of methoxy groups -OCH3 is 2. The van der Waals surface area contributed by atoms with Gasteiger partial charge in [-0.25, -0.2) is 8.78 Å². The first-order valence-corrected chi connectivity index (χ1v) is 7.61. The third-order valence-electron chi connectivity index (χ3n) is 4.88. The van der Waals surface area contributed by atoms with Gasteiger partial charge in [0.25, 0.3) is 0 Å². The minimum atomic E-state index is -1.59. The second kappa shape index (κ2) is 5.95. The molecule has 130 valence electrons. The van der Waals surface area contributed by atoms with Crippen LogP contribution in [0, 0.1) is 17.0 Å². The van der Waals surface area contributed by atoms with Crippen molar-refractivity contribution in [2.24, 2.45) is 5.41 Å². The van der Waals surface area contributed by atoms with Crippen LogP contribution >= 0.6 is 0 Å². The van der Waals surface area contributed by atoms with Crippen LogP contribution in [0.1, 0.15) is 17.5 Å². The number of esters is 2. The molecule has 1 aliphatic carbocycles. The number of rotatable bonds is 4. The van der Waals surface area contributed by atoms with Crippen molar-refractivity contribution in [1.29, 1.82) is 0 Å². The molecular formula is C19H16F2O4. The number of hydrogen-bond acceptors (Lipinski definition) is 4. The largest absolute Gasteiger partial charge is 0.468 e. The van der Waals surface area contributed by atoms with E-state index in [1.807, 2.05) is 0 Å². The van der Waals surface area contributed by atoms with Gasteiger partial charge in [0.05, 0.1) is 14.2 Å². The van der Waals surface area contributed by atoms with Gasteiger partial charge in [-0.1, -0.05) is 24.3 Å². The molecule has 0 aromatic heterocycles. The molecule has 0 bridgehead atoms. The Hall–Kier alpha value is -2.76. The predicted octanol–water partition coefficient (Wildman–Crippen LogP) is 2.99. The molecule has 0 unspecified atom stereocenters. The van der Waals surface area contributed by atoms with E-state index in [0.717, 1.165) is 0 Å². The highest BCUT2D eigenvalue weighted by atomic mass is 19.1. The average Bonchev–Trinajstić information content (AvgIpc) is 3.34. The lowest BCUT2D eigenvalue weighted by molar-refractivity contribution is -0.162. The van der Waals surface area contributed by atoms with Crippen LogP contribution in [-0.4, -0.2) is 26.2 Å². The first-order valence-electron chi connectivity index (χ1n) is 7.61. The molecule has 0 atom stereocenters. The standard InChI is InChI=1S/C19H16F2O4/c1-24-16(22)19(17(23)25-2)11-18(19,12-3-7-14(20)8-4-12)13-5-9-15(21)10-6-13/h3-10H,11H2,1-2H3. The van der Waals surface area contributed by atoms with E-state index < -0.39 is 34.4 Å². The van der Waals surface area contributed by atoms with Gasteiger partial charge in [-0.05, 0) is 41.8 Å². The molecule has 1 fully saturated rings. The number of carbonyl (C=O) groups is 2. The Bertz CT molecular complexity index is 751. The van der Waals surface area contributed by atoms with Crippen molar-refractivity contribution in [2.45, 2.75) is 11.8 Å². The molecule has 0 saturated heterocycles. The Morgan fingerprint density at radius 1 is 0.800 bits per heavy atom. The van der Waals surface area contributed by atoms with Gasteiger partial charge in [0.15, 0.2) is 5.41 Å². The Balaban J connectivity index is 2.24. The third kappa shape index (κ3) is 2.32. The molecule has 2 aromatic rings. The Kier molecular flexibility index (Phi) is 4.06. The van der Waals surface area contributed by atoms with Crippen LogP contribution in [0.2, 0.25) is 0 Å². The maximum atomic E-state index is 13.4. The summed E-state index contributed by atoms with van der Waals surface area (Å²) >= 11 is 0. The summed E-state index contributed by atoms with van der Waals surface area (Å²) in [4.78, 5) is 25.0. The van der Waals surface area contributed by atoms with Gasteiger partial charge >= 0.3 is 11.9 Å². The Morgan fingerprint density at radius 2 is 1.16 bits per heavy atom. The predicted molar refractivity (Wildman–Crippen MR) is 84.7 cm³/mol. The SMILES string of the molecule is COC(=O)C1(C(=O)OC)CC1(c1ccc(F)cc1)c1ccc(F)cc1. The van der Waals surface area contributed by atoms with Crippen LogP contribution < -0.4 is 0 Å². The molecule has 1 aliphatic rings. The molecule has 0 amide bonds. The van der Waals surface area contributed by atoms with Gasteiger partial charge in [0.1, 0.15) is 11.6 Å². The summed E-state index contributed by atoms with van der Waals surface area (Å²) in [6.07, 6.45) is 0.0939. The molecule has 25 heavy (non-hydrogen) atoms. The van der Waals surface area contributed by atoms with Gasteiger partial charge in [-0.2, -0.15) is 0 Å². The molecule has 2 aromatic carbocycles. The Morgan fingerprint density at radius 3 is 1.48 bits per heavy atom. The van der Waals surface area contributed by atoms with E-state index in [2.05, 4.69) is 0 Å². The van der Waals surface area contributed by atoms with Gasteiger partial charge in [-0.15, -0.1) is 0 Å².